The van der Waals surface area contributed by atoms with E-state index < -0.39 is 30.1 Å². The number of carbonyl (C=O) groups is 3. The van der Waals surface area contributed by atoms with Crippen LogP contribution in [-0.2, 0) is 4.79 Å². The van der Waals surface area contributed by atoms with Gasteiger partial charge in [0.15, 0.2) is 0 Å². The Kier molecular flexibility index (Phi) is 13.8. The molecule has 4 N–H and O–H groups in total. The summed E-state index contributed by atoms with van der Waals surface area (Å²) >= 11 is 0. The standard InChI is InChI=1S/C29H49N3O5/c1-9-11-32(12-10-2)29(37)23-15-20(7)14-22(16-23)28(36)31-24(13-18(3)4)26(34)25(33)21(8)27(35)30-17-19(5)6/h14-16,18-19,21,24-26,33-34H,9-13,17H2,1-8H3,(H,30,35)(H,31,36)/t21-,24+,25-,26-/m1/s1. The van der Waals surface area contributed by atoms with Gasteiger partial charge in [0.05, 0.1) is 18.1 Å². The van der Waals surface area contributed by atoms with Crippen LogP contribution in [0.2, 0.25) is 0 Å². The minimum Gasteiger partial charge on any atom is -0.390 e. The summed E-state index contributed by atoms with van der Waals surface area (Å²) in [5, 5.41) is 27.4. The van der Waals surface area contributed by atoms with E-state index in [4.69, 9.17) is 0 Å². The van der Waals surface area contributed by atoms with Gasteiger partial charge in [0.1, 0.15) is 6.10 Å². The zero-order valence-corrected chi connectivity index (χ0v) is 24.0. The summed E-state index contributed by atoms with van der Waals surface area (Å²) in [7, 11) is 0. The van der Waals surface area contributed by atoms with E-state index in [0.717, 1.165) is 18.4 Å². The number of aliphatic hydroxyl groups is 2. The summed E-state index contributed by atoms with van der Waals surface area (Å²) in [6.07, 6.45) is -0.613. The van der Waals surface area contributed by atoms with Gasteiger partial charge in [0.25, 0.3) is 11.8 Å². The molecule has 210 valence electrons. The lowest BCUT2D eigenvalue weighted by Crippen LogP contribution is -2.53. The molecule has 0 spiro atoms. The molecule has 0 aliphatic heterocycles. The molecule has 37 heavy (non-hydrogen) atoms. The van der Waals surface area contributed by atoms with E-state index in [1.807, 2.05) is 48.5 Å². The largest absolute Gasteiger partial charge is 0.390 e. The van der Waals surface area contributed by atoms with Crippen molar-refractivity contribution in [2.24, 2.45) is 17.8 Å². The van der Waals surface area contributed by atoms with Gasteiger partial charge in [-0.25, -0.2) is 0 Å². The van der Waals surface area contributed by atoms with Crippen LogP contribution in [0.3, 0.4) is 0 Å². The Hall–Kier alpha value is -2.45. The van der Waals surface area contributed by atoms with E-state index in [9.17, 15) is 24.6 Å². The SMILES string of the molecule is CCCN(CCC)C(=O)c1cc(C)cc(C(=O)N[C@@H](CC(C)C)[C@@H](O)[C@H](O)[C@@H](C)C(=O)NCC(C)C)c1. The maximum absolute atomic E-state index is 13.3. The summed E-state index contributed by atoms with van der Waals surface area (Å²) in [6, 6.07) is 4.28. The van der Waals surface area contributed by atoms with Gasteiger partial charge in [-0.15, -0.1) is 0 Å². The molecule has 8 heteroatoms. The van der Waals surface area contributed by atoms with Crippen LogP contribution in [-0.4, -0.2) is 70.7 Å². The van der Waals surface area contributed by atoms with Gasteiger partial charge in [-0.2, -0.15) is 0 Å². The second-order valence-corrected chi connectivity index (χ2v) is 11.0. The first kappa shape index (κ1) is 32.6. The van der Waals surface area contributed by atoms with Crippen LogP contribution in [0.4, 0.5) is 0 Å². The number of rotatable bonds is 15. The first-order valence-electron chi connectivity index (χ1n) is 13.7. The van der Waals surface area contributed by atoms with Gasteiger partial charge < -0.3 is 25.7 Å². The quantitative estimate of drug-likeness (QED) is 0.283. The first-order valence-corrected chi connectivity index (χ1v) is 13.7. The second kappa shape index (κ2) is 15.7. The number of aliphatic hydroxyl groups excluding tert-OH is 2. The average molecular weight is 520 g/mol. The number of carbonyl (C=O) groups excluding carboxylic acids is 3. The van der Waals surface area contributed by atoms with Gasteiger partial charge in [0.2, 0.25) is 5.91 Å². The highest BCUT2D eigenvalue weighted by Gasteiger charge is 2.35. The molecule has 0 saturated heterocycles. The Bertz CT molecular complexity index is 880. The maximum atomic E-state index is 13.3. The van der Waals surface area contributed by atoms with Crippen molar-refractivity contribution in [3.05, 3.63) is 34.9 Å². The molecule has 1 rings (SSSR count). The topological polar surface area (TPSA) is 119 Å². The third-order valence-corrected chi connectivity index (χ3v) is 6.28. The molecule has 0 radical (unpaired) electrons. The number of hydrogen-bond donors (Lipinski definition) is 4. The van der Waals surface area contributed by atoms with Crippen LogP contribution >= 0.6 is 0 Å². The number of nitrogens with zero attached hydrogens (tertiary/aromatic N) is 1. The molecule has 0 aliphatic rings. The number of aryl methyl sites for hydroxylation is 1. The second-order valence-electron chi connectivity index (χ2n) is 11.0. The third-order valence-electron chi connectivity index (χ3n) is 6.28. The lowest BCUT2D eigenvalue weighted by molar-refractivity contribution is -0.132. The maximum Gasteiger partial charge on any atom is 0.253 e. The van der Waals surface area contributed by atoms with E-state index in [1.165, 1.54) is 0 Å². The smallest absolute Gasteiger partial charge is 0.253 e. The lowest BCUT2D eigenvalue weighted by atomic mass is 9.89. The highest BCUT2D eigenvalue weighted by molar-refractivity contribution is 6.00. The fourth-order valence-electron chi connectivity index (χ4n) is 4.27. The van der Waals surface area contributed by atoms with Crippen molar-refractivity contribution in [2.45, 2.75) is 92.9 Å². The van der Waals surface area contributed by atoms with Crippen LogP contribution in [0.5, 0.6) is 0 Å². The predicted octanol–water partition coefficient (Wildman–Crippen LogP) is 3.53. The van der Waals surface area contributed by atoms with Crippen LogP contribution < -0.4 is 10.6 Å². The van der Waals surface area contributed by atoms with E-state index in [1.54, 1.807) is 30.0 Å². The molecule has 0 aliphatic carbocycles. The summed E-state index contributed by atoms with van der Waals surface area (Å²) in [6.45, 7) is 17.1. The number of benzene rings is 1. The Morgan fingerprint density at radius 2 is 1.43 bits per heavy atom. The first-order chi connectivity index (χ1) is 17.3. The third kappa shape index (κ3) is 10.4. The molecule has 4 atom stereocenters. The van der Waals surface area contributed by atoms with Crippen LogP contribution in [0.1, 0.15) is 94.0 Å². The minimum atomic E-state index is -1.36. The highest BCUT2D eigenvalue weighted by Crippen LogP contribution is 2.19. The summed E-state index contributed by atoms with van der Waals surface area (Å²) in [4.78, 5) is 40.7. The fourth-order valence-corrected chi connectivity index (χ4v) is 4.27. The molecule has 1 aromatic rings. The summed E-state index contributed by atoms with van der Waals surface area (Å²) in [5.74, 6) is -1.38. The van der Waals surface area contributed by atoms with Crippen molar-refractivity contribution < 1.29 is 24.6 Å². The van der Waals surface area contributed by atoms with Crippen LogP contribution in [0, 0.1) is 24.7 Å². The normalized spacial score (nSPS) is 14.7. The number of amides is 3. The van der Waals surface area contributed by atoms with Gasteiger partial charge in [-0.3, -0.25) is 14.4 Å². The molecule has 0 unspecified atom stereocenters. The van der Waals surface area contributed by atoms with Gasteiger partial charge >= 0.3 is 0 Å². The van der Waals surface area contributed by atoms with E-state index >= 15 is 0 Å². The van der Waals surface area contributed by atoms with Crippen LogP contribution in [0.15, 0.2) is 18.2 Å². The Morgan fingerprint density at radius 1 is 0.865 bits per heavy atom. The van der Waals surface area contributed by atoms with Crippen molar-refractivity contribution >= 4 is 17.7 Å². The fraction of sp³-hybridized carbons (Fsp3) is 0.690. The molecular formula is C29H49N3O5. The number of hydrogen-bond acceptors (Lipinski definition) is 5. The van der Waals surface area contributed by atoms with Crippen molar-refractivity contribution in [2.75, 3.05) is 19.6 Å². The van der Waals surface area contributed by atoms with Crippen molar-refractivity contribution in [1.29, 1.82) is 0 Å². The number of nitrogens with one attached hydrogen (secondary N) is 2. The van der Waals surface area contributed by atoms with Crippen molar-refractivity contribution in [1.82, 2.24) is 15.5 Å². The molecule has 3 amide bonds. The lowest BCUT2D eigenvalue weighted by Gasteiger charge is -2.31. The molecule has 0 saturated carbocycles. The molecule has 0 heterocycles. The summed E-state index contributed by atoms with van der Waals surface area (Å²) < 4.78 is 0. The molecule has 0 aromatic heterocycles. The predicted molar refractivity (Wildman–Crippen MR) is 147 cm³/mol. The monoisotopic (exact) mass is 519 g/mol. The zero-order valence-electron chi connectivity index (χ0n) is 24.0. The van der Waals surface area contributed by atoms with Gasteiger partial charge in [-0.05, 0) is 61.8 Å². The van der Waals surface area contributed by atoms with Gasteiger partial charge in [0, 0.05) is 30.8 Å². The molecule has 0 bridgehead atoms. The molecular weight excluding hydrogens is 470 g/mol. The zero-order chi connectivity index (χ0) is 28.3. The molecule has 8 nitrogen and oxygen atoms in total. The Labute approximate surface area is 223 Å². The average Bonchev–Trinajstić information content (AvgIpc) is 2.84. The van der Waals surface area contributed by atoms with E-state index in [-0.39, 0.29) is 23.7 Å². The highest BCUT2D eigenvalue weighted by atomic mass is 16.3. The van der Waals surface area contributed by atoms with E-state index in [2.05, 4.69) is 10.6 Å². The summed E-state index contributed by atoms with van der Waals surface area (Å²) in [5.41, 5.74) is 1.54. The van der Waals surface area contributed by atoms with E-state index in [0.29, 0.717) is 37.2 Å². The minimum absolute atomic E-state index is 0.114. The molecule has 0 fully saturated rings. The molecule has 1 aromatic carbocycles. The van der Waals surface area contributed by atoms with Gasteiger partial charge in [-0.1, -0.05) is 48.5 Å². The Balaban J connectivity index is 3.12. The Morgan fingerprint density at radius 3 is 1.95 bits per heavy atom. The van der Waals surface area contributed by atoms with Crippen LogP contribution in [0.25, 0.3) is 0 Å². The van der Waals surface area contributed by atoms with Crippen molar-refractivity contribution in [3.8, 4) is 0 Å². The van der Waals surface area contributed by atoms with Crippen molar-refractivity contribution in [3.63, 3.8) is 0 Å².